The molecule has 1 unspecified atom stereocenters. The Balaban J connectivity index is 3.37. The van der Waals surface area contributed by atoms with Gasteiger partial charge in [-0.1, -0.05) is 13.8 Å². The minimum atomic E-state index is -0.127. The van der Waals surface area contributed by atoms with Gasteiger partial charge in [0.25, 0.3) is 0 Å². The number of nitrogens with one attached hydrogen (secondary N) is 1. The molecule has 2 N–H and O–H groups in total. The quantitative estimate of drug-likeness (QED) is 0.579. The molecule has 0 saturated heterocycles. The Morgan fingerprint density at radius 3 is 2.47 bits per heavy atom. The monoisotopic (exact) mass is 217 g/mol. The molecular formula is C12H27NO2. The highest BCUT2D eigenvalue weighted by Crippen LogP contribution is 2.12. The first-order valence-electron chi connectivity index (χ1n) is 5.91. The second-order valence-electron chi connectivity index (χ2n) is 4.89. The maximum Gasteiger partial charge on any atom is 0.0610 e. The summed E-state index contributed by atoms with van der Waals surface area (Å²) in [5.41, 5.74) is -0.127. The van der Waals surface area contributed by atoms with Crippen molar-refractivity contribution < 1.29 is 9.84 Å². The third-order valence-corrected chi connectivity index (χ3v) is 2.67. The smallest absolute Gasteiger partial charge is 0.0610 e. The zero-order chi connectivity index (χ0) is 11.7. The van der Waals surface area contributed by atoms with E-state index in [0.717, 1.165) is 32.5 Å². The first-order valence-corrected chi connectivity index (χ1v) is 5.91. The Bertz CT molecular complexity index is 145. The van der Waals surface area contributed by atoms with Crippen molar-refractivity contribution in [1.82, 2.24) is 5.32 Å². The summed E-state index contributed by atoms with van der Waals surface area (Å²) in [4.78, 5) is 0. The summed E-state index contributed by atoms with van der Waals surface area (Å²) in [5.74, 6) is 0.616. The summed E-state index contributed by atoms with van der Waals surface area (Å²) in [5, 5.41) is 12.3. The molecule has 0 aliphatic heterocycles. The van der Waals surface area contributed by atoms with Crippen molar-refractivity contribution in [3.05, 3.63) is 0 Å². The first-order chi connectivity index (χ1) is 7.04. The first kappa shape index (κ1) is 14.9. The summed E-state index contributed by atoms with van der Waals surface area (Å²) in [6, 6.07) is 0. The van der Waals surface area contributed by atoms with Crippen LogP contribution in [0.5, 0.6) is 0 Å². The number of ether oxygens (including phenoxy) is 1. The van der Waals surface area contributed by atoms with Crippen LogP contribution in [0.25, 0.3) is 0 Å². The minimum absolute atomic E-state index is 0.127. The number of likely N-dealkylation sites (N-methyl/N-ethyl adjacent to an activating group) is 1. The summed E-state index contributed by atoms with van der Waals surface area (Å²) in [6.45, 7) is 8.23. The Labute approximate surface area is 94.2 Å². The van der Waals surface area contributed by atoms with Crippen molar-refractivity contribution in [2.75, 3.05) is 26.9 Å². The van der Waals surface area contributed by atoms with E-state index in [1.165, 1.54) is 0 Å². The second kappa shape index (κ2) is 8.08. The summed E-state index contributed by atoms with van der Waals surface area (Å²) in [7, 11) is 1.89. The number of aliphatic hydroxyl groups excluding tert-OH is 1. The van der Waals surface area contributed by atoms with E-state index in [0.29, 0.717) is 5.92 Å². The molecule has 15 heavy (non-hydrogen) atoms. The standard InChI is InChI=1S/C12H27NO2/c1-11(2)9-15-8-6-5-7-12(3,10-14)13-4/h11,13-14H,5-10H2,1-4H3. The van der Waals surface area contributed by atoms with Crippen LogP contribution in [0.15, 0.2) is 0 Å². The zero-order valence-electron chi connectivity index (χ0n) is 10.7. The third-order valence-electron chi connectivity index (χ3n) is 2.67. The number of unbranched alkanes of at least 4 members (excludes halogenated alkanes) is 1. The molecule has 0 spiro atoms. The molecule has 0 aromatic heterocycles. The molecule has 0 aliphatic carbocycles. The summed E-state index contributed by atoms with van der Waals surface area (Å²) in [6.07, 6.45) is 3.16. The van der Waals surface area contributed by atoms with Crippen molar-refractivity contribution in [3.63, 3.8) is 0 Å². The van der Waals surface area contributed by atoms with Crippen LogP contribution in [0.2, 0.25) is 0 Å². The van der Waals surface area contributed by atoms with Gasteiger partial charge >= 0.3 is 0 Å². The number of hydrogen-bond acceptors (Lipinski definition) is 3. The fourth-order valence-electron chi connectivity index (χ4n) is 1.32. The predicted octanol–water partition coefficient (Wildman–Crippen LogP) is 1.80. The maximum absolute atomic E-state index is 9.17. The molecule has 0 rings (SSSR count). The van der Waals surface area contributed by atoms with Gasteiger partial charge in [-0.25, -0.2) is 0 Å². The molecule has 92 valence electrons. The SMILES string of the molecule is CNC(C)(CO)CCCCOCC(C)C. The molecule has 1 atom stereocenters. The van der Waals surface area contributed by atoms with Crippen LogP contribution in [0, 0.1) is 5.92 Å². The van der Waals surface area contributed by atoms with E-state index >= 15 is 0 Å². The highest BCUT2D eigenvalue weighted by molar-refractivity contribution is 4.79. The lowest BCUT2D eigenvalue weighted by molar-refractivity contribution is 0.102. The predicted molar refractivity (Wildman–Crippen MR) is 64.1 cm³/mol. The van der Waals surface area contributed by atoms with Crippen molar-refractivity contribution in [2.45, 2.75) is 45.6 Å². The Kier molecular flexibility index (Phi) is 8.02. The second-order valence-corrected chi connectivity index (χ2v) is 4.89. The zero-order valence-corrected chi connectivity index (χ0v) is 10.7. The topological polar surface area (TPSA) is 41.5 Å². The van der Waals surface area contributed by atoms with Crippen LogP contribution in [-0.2, 0) is 4.74 Å². The molecule has 0 aromatic rings. The van der Waals surface area contributed by atoms with Crippen LogP contribution >= 0.6 is 0 Å². The molecule has 0 bridgehead atoms. The molecular weight excluding hydrogens is 190 g/mol. The van der Waals surface area contributed by atoms with Crippen molar-refractivity contribution >= 4 is 0 Å². The largest absolute Gasteiger partial charge is 0.394 e. The van der Waals surface area contributed by atoms with Gasteiger partial charge in [0, 0.05) is 18.8 Å². The van der Waals surface area contributed by atoms with Gasteiger partial charge in [-0.2, -0.15) is 0 Å². The van der Waals surface area contributed by atoms with E-state index in [-0.39, 0.29) is 12.1 Å². The molecule has 0 saturated carbocycles. The fourth-order valence-corrected chi connectivity index (χ4v) is 1.32. The van der Waals surface area contributed by atoms with Crippen LogP contribution in [0.4, 0.5) is 0 Å². The number of aliphatic hydroxyl groups is 1. The van der Waals surface area contributed by atoms with Crippen molar-refractivity contribution in [1.29, 1.82) is 0 Å². The van der Waals surface area contributed by atoms with Gasteiger partial charge in [-0.3, -0.25) is 0 Å². The Hall–Kier alpha value is -0.120. The van der Waals surface area contributed by atoms with Gasteiger partial charge in [-0.15, -0.1) is 0 Å². The van der Waals surface area contributed by atoms with Gasteiger partial charge in [-0.05, 0) is 39.2 Å². The van der Waals surface area contributed by atoms with Crippen molar-refractivity contribution in [2.24, 2.45) is 5.92 Å². The van der Waals surface area contributed by atoms with Crippen LogP contribution in [-0.4, -0.2) is 37.5 Å². The van der Waals surface area contributed by atoms with Crippen LogP contribution in [0.3, 0.4) is 0 Å². The number of rotatable bonds is 9. The Morgan fingerprint density at radius 2 is 2.00 bits per heavy atom. The van der Waals surface area contributed by atoms with Crippen LogP contribution < -0.4 is 5.32 Å². The maximum atomic E-state index is 9.17. The Morgan fingerprint density at radius 1 is 1.33 bits per heavy atom. The van der Waals surface area contributed by atoms with Gasteiger partial charge in [0.05, 0.1) is 6.61 Å². The number of hydrogen-bond donors (Lipinski definition) is 2. The fraction of sp³-hybridized carbons (Fsp3) is 1.00. The van der Waals surface area contributed by atoms with E-state index in [1.807, 2.05) is 14.0 Å². The van der Waals surface area contributed by atoms with Gasteiger partial charge < -0.3 is 15.2 Å². The van der Waals surface area contributed by atoms with Gasteiger partial charge in [0.2, 0.25) is 0 Å². The lowest BCUT2D eigenvalue weighted by Gasteiger charge is -2.26. The lowest BCUT2D eigenvalue weighted by Crippen LogP contribution is -2.43. The molecule has 0 fully saturated rings. The molecule has 0 aromatic carbocycles. The average molecular weight is 217 g/mol. The normalized spacial score (nSPS) is 15.6. The van der Waals surface area contributed by atoms with E-state index in [2.05, 4.69) is 19.2 Å². The summed E-state index contributed by atoms with van der Waals surface area (Å²) >= 11 is 0. The van der Waals surface area contributed by atoms with Crippen molar-refractivity contribution in [3.8, 4) is 0 Å². The molecule has 3 nitrogen and oxygen atoms in total. The van der Waals surface area contributed by atoms with E-state index in [1.54, 1.807) is 0 Å². The van der Waals surface area contributed by atoms with Gasteiger partial charge in [0.1, 0.15) is 0 Å². The van der Waals surface area contributed by atoms with E-state index < -0.39 is 0 Å². The van der Waals surface area contributed by atoms with Crippen LogP contribution in [0.1, 0.15) is 40.0 Å². The molecule has 0 aliphatic rings. The summed E-state index contributed by atoms with van der Waals surface area (Å²) < 4.78 is 5.49. The lowest BCUT2D eigenvalue weighted by atomic mass is 9.96. The molecule has 0 radical (unpaired) electrons. The average Bonchev–Trinajstić information content (AvgIpc) is 2.22. The highest BCUT2D eigenvalue weighted by Gasteiger charge is 2.19. The van der Waals surface area contributed by atoms with E-state index in [4.69, 9.17) is 9.84 Å². The van der Waals surface area contributed by atoms with E-state index in [9.17, 15) is 0 Å². The molecule has 0 amide bonds. The third kappa shape index (κ3) is 7.77. The highest BCUT2D eigenvalue weighted by atomic mass is 16.5. The minimum Gasteiger partial charge on any atom is -0.394 e. The van der Waals surface area contributed by atoms with Gasteiger partial charge in [0.15, 0.2) is 0 Å². The molecule has 3 heteroatoms. The molecule has 0 heterocycles.